The molecule has 3 rings (SSSR count). The van der Waals surface area contributed by atoms with Gasteiger partial charge in [-0.15, -0.1) is 0 Å². The summed E-state index contributed by atoms with van der Waals surface area (Å²) in [6.45, 7) is 7.20. The Morgan fingerprint density at radius 2 is 1.50 bits per heavy atom. The molecule has 148 valence electrons. The number of aryl methyl sites for hydroxylation is 2. The number of phenols is 1. The van der Waals surface area contributed by atoms with Crippen molar-refractivity contribution in [2.45, 2.75) is 52.0 Å². The summed E-state index contributed by atoms with van der Waals surface area (Å²) in [4.78, 5) is 12.6. The van der Waals surface area contributed by atoms with Gasteiger partial charge < -0.3 is 5.11 Å². The van der Waals surface area contributed by atoms with E-state index in [1.54, 1.807) is 21.3 Å². The van der Waals surface area contributed by atoms with Gasteiger partial charge in [-0.05, 0) is 53.5 Å². The number of phenolic OH excluding ortho intramolecular Hbond substituents is 1. The van der Waals surface area contributed by atoms with Gasteiger partial charge in [-0.1, -0.05) is 57.2 Å². The summed E-state index contributed by atoms with van der Waals surface area (Å²) in [6, 6.07) is 15.9. The van der Waals surface area contributed by atoms with Crippen LogP contribution in [0.3, 0.4) is 0 Å². The van der Waals surface area contributed by atoms with Crippen LogP contribution in [0.2, 0.25) is 0 Å². The minimum Gasteiger partial charge on any atom is -0.508 e. The Labute approximate surface area is 167 Å². The zero-order valence-corrected chi connectivity index (χ0v) is 17.3. The van der Waals surface area contributed by atoms with E-state index in [1.807, 2.05) is 25.4 Å². The van der Waals surface area contributed by atoms with E-state index >= 15 is 0 Å². The molecule has 0 saturated heterocycles. The topological polar surface area (TPSA) is 47.2 Å². The van der Waals surface area contributed by atoms with Crippen molar-refractivity contribution in [1.29, 1.82) is 0 Å². The lowest BCUT2D eigenvalue weighted by Gasteiger charge is -2.19. The SMILES string of the molecule is Cn1c(CCCc2ccc(O)cc2)cn(Cc2ccc(C(C)(C)C)cc2)c1=O. The Hall–Kier alpha value is -2.75. The van der Waals surface area contributed by atoms with E-state index in [9.17, 15) is 9.90 Å². The Morgan fingerprint density at radius 1 is 0.893 bits per heavy atom. The molecule has 0 radical (unpaired) electrons. The van der Waals surface area contributed by atoms with Gasteiger partial charge in [0.25, 0.3) is 0 Å². The number of nitrogens with zero attached hydrogens (tertiary/aromatic N) is 2. The Bertz CT molecular complexity index is 971. The van der Waals surface area contributed by atoms with Crippen molar-refractivity contribution >= 4 is 0 Å². The van der Waals surface area contributed by atoms with Crippen LogP contribution in [-0.4, -0.2) is 14.2 Å². The molecular formula is C24H30N2O2. The normalized spacial score (nSPS) is 11.7. The lowest BCUT2D eigenvalue weighted by Crippen LogP contribution is -2.23. The zero-order valence-electron chi connectivity index (χ0n) is 17.3. The fourth-order valence-electron chi connectivity index (χ4n) is 3.43. The van der Waals surface area contributed by atoms with Crippen LogP contribution in [0.15, 0.2) is 59.5 Å². The second-order valence-electron chi connectivity index (χ2n) is 8.56. The lowest BCUT2D eigenvalue weighted by atomic mass is 9.87. The molecule has 0 atom stereocenters. The van der Waals surface area contributed by atoms with E-state index in [-0.39, 0.29) is 11.1 Å². The monoisotopic (exact) mass is 378 g/mol. The summed E-state index contributed by atoms with van der Waals surface area (Å²) in [5.74, 6) is 0.291. The molecule has 2 aromatic carbocycles. The summed E-state index contributed by atoms with van der Waals surface area (Å²) < 4.78 is 3.54. The van der Waals surface area contributed by atoms with Gasteiger partial charge in [0.1, 0.15) is 5.75 Å². The van der Waals surface area contributed by atoms with Gasteiger partial charge in [-0.25, -0.2) is 4.79 Å². The summed E-state index contributed by atoms with van der Waals surface area (Å²) in [5.41, 5.74) is 4.84. The molecule has 0 unspecified atom stereocenters. The van der Waals surface area contributed by atoms with Gasteiger partial charge in [0.15, 0.2) is 0 Å². The van der Waals surface area contributed by atoms with Gasteiger partial charge in [0.2, 0.25) is 0 Å². The highest BCUT2D eigenvalue weighted by Gasteiger charge is 2.13. The number of aromatic hydroxyl groups is 1. The summed E-state index contributed by atoms with van der Waals surface area (Å²) in [7, 11) is 1.84. The average Bonchev–Trinajstić information content (AvgIpc) is 2.91. The van der Waals surface area contributed by atoms with Crippen molar-refractivity contribution in [3.8, 4) is 5.75 Å². The van der Waals surface area contributed by atoms with Gasteiger partial charge in [0, 0.05) is 18.9 Å². The molecule has 0 spiro atoms. The van der Waals surface area contributed by atoms with Gasteiger partial charge >= 0.3 is 5.69 Å². The minimum absolute atomic E-state index is 0.0273. The van der Waals surface area contributed by atoms with Crippen LogP contribution >= 0.6 is 0 Å². The van der Waals surface area contributed by atoms with Crippen molar-refractivity contribution in [2.24, 2.45) is 7.05 Å². The number of hydrogen-bond donors (Lipinski definition) is 1. The highest BCUT2D eigenvalue weighted by molar-refractivity contribution is 5.28. The molecule has 3 aromatic rings. The molecule has 4 heteroatoms. The highest BCUT2D eigenvalue weighted by Crippen LogP contribution is 2.22. The Kier molecular flexibility index (Phi) is 5.78. The molecule has 4 nitrogen and oxygen atoms in total. The van der Waals surface area contributed by atoms with Gasteiger partial charge in [-0.2, -0.15) is 0 Å². The van der Waals surface area contributed by atoms with E-state index < -0.39 is 0 Å². The second kappa shape index (κ2) is 8.09. The van der Waals surface area contributed by atoms with Gasteiger partial charge in [0.05, 0.1) is 6.54 Å². The number of aromatic nitrogens is 2. The smallest absolute Gasteiger partial charge is 0.328 e. The Balaban J connectivity index is 1.65. The highest BCUT2D eigenvalue weighted by atomic mass is 16.3. The summed E-state index contributed by atoms with van der Waals surface area (Å²) in [6.07, 6.45) is 4.72. The predicted octanol–water partition coefficient (Wildman–Crippen LogP) is 4.41. The predicted molar refractivity (Wildman–Crippen MR) is 114 cm³/mol. The first kappa shape index (κ1) is 20.0. The van der Waals surface area contributed by atoms with E-state index in [1.165, 1.54) is 11.1 Å². The molecule has 0 fully saturated rings. The largest absolute Gasteiger partial charge is 0.508 e. The molecule has 1 heterocycles. The molecule has 28 heavy (non-hydrogen) atoms. The quantitative estimate of drug-likeness (QED) is 0.690. The van der Waals surface area contributed by atoms with Crippen molar-refractivity contribution < 1.29 is 5.11 Å². The van der Waals surface area contributed by atoms with Gasteiger partial charge in [-0.3, -0.25) is 9.13 Å². The molecule has 0 aliphatic rings. The molecule has 0 amide bonds. The third kappa shape index (κ3) is 4.75. The van der Waals surface area contributed by atoms with Crippen molar-refractivity contribution in [2.75, 3.05) is 0 Å². The number of rotatable bonds is 6. The third-order valence-corrected chi connectivity index (χ3v) is 5.28. The molecule has 0 bridgehead atoms. The maximum absolute atomic E-state index is 12.6. The number of hydrogen-bond acceptors (Lipinski definition) is 2. The third-order valence-electron chi connectivity index (χ3n) is 5.28. The lowest BCUT2D eigenvalue weighted by molar-refractivity contribution is 0.475. The van der Waals surface area contributed by atoms with E-state index in [4.69, 9.17) is 0 Å². The molecule has 0 saturated carbocycles. The minimum atomic E-state index is 0.0273. The molecule has 1 N–H and O–H groups in total. The van der Waals surface area contributed by atoms with Crippen LogP contribution in [-0.2, 0) is 31.8 Å². The van der Waals surface area contributed by atoms with Crippen molar-refractivity contribution in [1.82, 2.24) is 9.13 Å². The van der Waals surface area contributed by atoms with Crippen LogP contribution in [0.1, 0.15) is 49.6 Å². The number of imidazole rings is 1. The van der Waals surface area contributed by atoms with Crippen LogP contribution in [0.25, 0.3) is 0 Å². The fraction of sp³-hybridized carbons (Fsp3) is 0.375. The van der Waals surface area contributed by atoms with Crippen molar-refractivity contribution in [3.63, 3.8) is 0 Å². The first-order valence-electron chi connectivity index (χ1n) is 9.86. The van der Waals surface area contributed by atoms with Crippen LogP contribution in [0, 0.1) is 0 Å². The van der Waals surface area contributed by atoms with E-state index in [0.29, 0.717) is 12.3 Å². The molecular weight excluding hydrogens is 348 g/mol. The fourth-order valence-corrected chi connectivity index (χ4v) is 3.43. The maximum atomic E-state index is 12.6. The molecule has 0 aliphatic heterocycles. The first-order chi connectivity index (χ1) is 13.2. The van der Waals surface area contributed by atoms with E-state index in [2.05, 4.69) is 45.0 Å². The van der Waals surface area contributed by atoms with Crippen LogP contribution < -0.4 is 5.69 Å². The average molecular weight is 379 g/mol. The standard InChI is InChI=1S/C24H30N2O2/c1-24(2,3)20-12-8-19(9-13-20)16-26-17-21(25(4)23(26)28)7-5-6-18-10-14-22(27)15-11-18/h8-15,17,27H,5-7,16H2,1-4H3. The second-order valence-corrected chi connectivity index (χ2v) is 8.56. The van der Waals surface area contributed by atoms with E-state index in [0.717, 1.165) is 30.5 Å². The first-order valence-corrected chi connectivity index (χ1v) is 9.86. The van der Waals surface area contributed by atoms with Crippen LogP contribution in [0.4, 0.5) is 0 Å². The zero-order chi connectivity index (χ0) is 20.3. The number of benzene rings is 2. The molecule has 0 aliphatic carbocycles. The van der Waals surface area contributed by atoms with Crippen molar-refractivity contribution in [3.05, 3.63) is 87.6 Å². The molecule has 1 aromatic heterocycles. The van der Waals surface area contributed by atoms with Crippen LogP contribution in [0.5, 0.6) is 5.75 Å². The summed E-state index contributed by atoms with van der Waals surface area (Å²) in [5, 5.41) is 9.36. The Morgan fingerprint density at radius 3 is 2.11 bits per heavy atom. The maximum Gasteiger partial charge on any atom is 0.328 e. The summed E-state index contributed by atoms with van der Waals surface area (Å²) >= 11 is 0.